The molecule has 0 saturated heterocycles. The number of hydrogen-bond acceptors (Lipinski definition) is 2. The predicted molar refractivity (Wildman–Crippen MR) is 70.8 cm³/mol. The highest BCUT2D eigenvalue weighted by atomic mass is 35.5. The lowest BCUT2D eigenvalue weighted by Crippen LogP contribution is -2.26. The van der Waals surface area contributed by atoms with E-state index in [1.165, 1.54) is 11.3 Å². The molecule has 3 heteroatoms. The lowest BCUT2D eigenvalue weighted by Gasteiger charge is -2.29. The van der Waals surface area contributed by atoms with Crippen molar-refractivity contribution in [2.24, 2.45) is 11.8 Å². The van der Waals surface area contributed by atoms with Gasteiger partial charge in [-0.3, -0.25) is 0 Å². The molecule has 16 heavy (non-hydrogen) atoms. The Morgan fingerprint density at radius 2 is 2.12 bits per heavy atom. The van der Waals surface area contributed by atoms with Gasteiger partial charge in [-0.2, -0.15) is 0 Å². The Kier molecular flexibility index (Phi) is 4.48. The number of nitrogens with one attached hydrogen (secondary N) is 1. The Balaban J connectivity index is 0.00000128. The third-order valence-electron chi connectivity index (χ3n) is 3.29. The van der Waals surface area contributed by atoms with Crippen LogP contribution in [0, 0.1) is 11.8 Å². The number of methoxy groups -OCH3 is 1. The summed E-state index contributed by atoms with van der Waals surface area (Å²) in [6, 6.07) is 6.28. The van der Waals surface area contributed by atoms with Crippen LogP contribution in [0.2, 0.25) is 0 Å². The number of hydrogen-bond donors (Lipinski definition) is 1. The van der Waals surface area contributed by atoms with Crippen LogP contribution in [-0.4, -0.2) is 13.7 Å². The second kappa shape index (κ2) is 5.44. The fraction of sp³-hybridized carbons (Fsp3) is 0.538. The van der Waals surface area contributed by atoms with Crippen molar-refractivity contribution < 1.29 is 4.74 Å². The molecule has 1 unspecified atom stereocenters. The summed E-state index contributed by atoms with van der Waals surface area (Å²) in [5, 5.41) is 3.49. The topological polar surface area (TPSA) is 21.3 Å². The average Bonchev–Trinajstić information content (AvgIpc) is 2.27. The second-order valence-corrected chi connectivity index (χ2v) is 4.61. The summed E-state index contributed by atoms with van der Waals surface area (Å²) in [5.74, 6) is 2.43. The Morgan fingerprint density at radius 1 is 1.38 bits per heavy atom. The summed E-state index contributed by atoms with van der Waals surface area (Å²) in [5.41, 5.74) is 2.66. The molecule has 1 atom stereocenters. The fourth-order valence-electron chi connectivity index (χ4n) is 2.11. The second-order valence-electron chi connectivity index (χ2n) is 4.61. The zero-order valence-electron chi connectivity index (χ0n) is 10.1. The van der Waals surface area contributed by atoms with Crippen molar-refractivity contribution in [1.29, 1.82) is 0 Å². The van der Waals surface area contributed by atoms with Crippen molar-refractivity contribution in [2.75, 3.05) is 19.0 Å². The van der Waals surface area contributed by atoms with Gasteiger partial charge in [-0.25, -0.2) is 0 Å². The molecule has 0 spiro atoms. The third-order valence-corrected chi connectivity index (χ3v) is 3.29. The highest BCUT2D eigenvalue weighted by Crippen LogP contribution is 2.30. The molecule has 0 aliphatic carbocycles. The molecular weight excluding hydrogens is 222 g/mol. The smallest absolute Gasteiger partial charge is 0.119 e. The summed E-state index contributed by atoms with van der Waals surface area (Å²) >= 11 is 0. The quantitative estimate of drug-likeness (QED) is 0.858. The van der Waals surface area contributed by atoms with E-state index >= 15 is 0 Å². The third kappa shape index (κ3) is 2.62. The van der Waals surface area contributed by atoms with Crippen molar-refractivity contribution >= 4 is 18.1 Å². The zero-order valence-corrected chi connectivity index (χ0v) is 10.9. The monoisotopic (exact) mass is 241 g/mol. The normalized spacial score (nSPS) is 18.4. The summed E-state index contributed by atoms with van der Waals surface area (Å²) < 4.78 is 5.25. The van der Waals surface area contributed by atoms with Crippen LogP contribution >= 0.6 is 12.4 Å². The largest absolute Gasteiger partial charge is 0.497 e. The summed E-state index contributed by atoms with van der Waals surface area (Å²) in [4.78, 5) is 0. The van der Waals surface area contributed by atoms with Crippen LogP contribution < -0.4 is 10.1 Å². The van der Waals surface area contributed by atoms with Crippen LogP contribution in [0.25, 0.3) is 0 Å². The maximum atomic E-state index is 5.25. The molecule has 2 rings (SSSR count). The maximum absolute atomic E-state index is 5.25. The Morgan fingerprint density at radius 3 is 2.75 bits per heavy atom. The van der Waals surface area contributed by atoms with Crippen molar-refractivity contribution in [1.82, 2.24) is 0 Å². The first kappa shape index (κ1) is 13.2. The molecule has 0 fully saturated rings. The predicted octanol–water partition coefficient (Wildman–Crippen LogP) is 3.36. The van der Waals surface area contributed by atoms with E-state index < -0.39 is 0 Å². The van der Waals surface area contributed by atoms with Crippen LogP contribution in [0.1, 0.15) is 19.4 Å². The van der Waals surface area contributed by atoms with Gasteiger partial charge in [0, 0.05) is 12.2 Å². The van der Waals surface area contributed by atoms with Gasteiger partial charge in [0.2, 0.25) is 0 Å². The van der Waals surface area contributed by atoms with Crippen LogP contribution in [0.3, 0.4) is 0 Å². The molecule has 0 bridgehead atoms. The Bertz CT molecular complexity index is 352. The standard InChI is InChI=1S/C13H19NO.ClH/c1-9(2)11-6-10-7-12(15-3)4-5-13(10)14-8-11;/h4-5,7,9,11,14H,6,8H2,1-3H3;1H. The molecule has 0 radical (unpaired) electrons. The van der Waals surface area contributed by atoms with Crippen LogP contribution in [0.15, 0.2) is 18.2 Å². The number of fused-ring (bicyclic) bond motifs is 1. The summed E-state index contributed by atoms with van der Waals surface area (Å²) in [6.07, 6.45) is 1.16. The molecule has 90 valence electrons. The zero-order chi connectivity index (χ0) is 10.8. The Labute approximate surface area is 104 Å². The lowest BCUT2D eigenvalue weighted by molar-refractivity contribution is 0.389. The molecule has 1 aromatic rings. The maximum Gasteiger partial charge on any atom is 0.119 e. The summed E-state index contributed by atoms with van der Waals surface area (Å²) in [6.45, 7) is 5.67. The fourth-order valence-corrected chi connectivity index (χ4v) is 2.11. The van der Waals surface area contributed by atoms with E-state index in [0.29, 0.717) is 0 Å². The SMILES string of the molecule is COc1ccc2c(c1)CC(C(C)C)CN2.Cl. The number of benzene rings is 1. The minimum absolute atomic E-state index is 0. The summed E-state index contributed by atoms with van der Waals surface area (Å²) in [7, 11) is 1.72. The van der Waals surface area contributed by atoms with Gasteiger partial charge in [-0.15, -0.1) is 12.4 Å². The first-order valence-corrected chi connectivity index (χ1v) is 5.61. The van der Waals surface area contributed by atoms with Crippen molar-refractivity contribution in [3.63, 3.8) is 0 Å². The van der Waals surface area contributed by atoms with Gasteiger partial charge >= 0.3 is 0 Å². The van der Waals surface area contributed by atoms with E-state index in [1.54, 1.807) is 7.11 Å². The lowest BCUT2D eigenvalue weighted by atomic mass is 9.86. The van der Waals surface area contributed by atoms with Gasteiger partial charge in [0.15, 0.2) is 0 Å². The van der Waals surface area contributed by atoms with Crippen LogP contribution in [0.5, 0.6) is 5.75 Å². The van der Waals surface area contributed by atoms with Crippen LogP contribution in [-0.2, 0) is 6.42 Å². The van der Waals surface area contributed by atoms with Gasteiger partial charge in [0.1, 0.15) is 5.75 Å². The van der Waals surface area contributed by atoms with Crippen molar-refractivity contribution in [2.45, 2.75) is 20.3 Å². The van der Waals surface area contributed by atoms with E-state index in [2.05, 4.69) is 31.3 Å². The molecule has 0 saturated carbocycles. The van der Waals surface area contributed by atoms with E-state index in [-0.39, 0.29) is 12.4 Å². The molecule has 1 heterocycles. The molecule has 1 N–H and O–H groups in total. The van der Waals surface area contributed by atoms with E-state index in [9.17, 15) is 0 Å². The highest BCUT2D eigenvalue weighted by Gasteiger charge is 2.20. The van der Waals surface area contributed by atoms with Crippen molar-refractivity contribution in [3.05, 3.63) is 23.8 Å². The van der Waals surface area contributed by atoms with E-state index in [4.69, 9.17) is 4.74 Å². The van der Waals surface area contributed by atoms with Crippen molar-refractivity contribution in [3.8, 4) is 5.75 Å². The molecule has 2 nitrogen and oxygen atoms in total. The minimum Gasteiger partial charge on any atom is -0.497 e. The molecule has 0 aromatic heterocycles. The number of ether oxygens (including phenoxy) is 1. The van der Waals surface area contributed by atoms with Crippen LogP contribution in [0.4, 0.5) is 5.69 Å². The average molecular weight is 242 g/mol. The Hall–Kier alpha value is -0.890. The van der Waals surface area contributed by atoms with Gasteiger partial charge in [-0.05, 0) is 42.0 Å². The van der Waals surface area contributed by atoms with Gasteiger partial charge in [-0.1, -0.05) is 13.8 Å². The molecule has 1 aliphatic rings. The molecule has 0 amide bonds. The van der Waals surface area contributed by atoms with E-state index in [1.807, 2.05) is 6.07 Å². The molecule has 1 aliphatic heterocycles. The number of halogens is 1. The van der Waals surface area contributed by atoms with Gasteiger partial charge in [0.05, 0.1) is 7.11 Å². The first-order valence-electron chi connectivity index (χ1n) is 5.61. The number of rotatable bonds is 2. The number of anilines is 1. The van der Waals surface area contributed by atoms with Gasteiger partial charge < -0.3 is 10.1 Å². The molecule has 1 aromatic carbocycles. The van der Waals surface area contributed by atoms with Gasteiger partial charge in [0.25, 0.3) is 0 Å². The van der Waals surface area contributed by atoms with E-state index in [0.717, 1.165) is 30.6 Å². The minimum atomic E-state index is 0. The molecular formula is C13H20ClNO. The first-order chi connectivity index (χ1) is 7.20. The highest BCUT2D eigenvalue weighted by molar-refractivity contribution is 5.85.